The average Bonchev–Trinajstić information content (AvgIpc) is 3.10. The molecule has 26 heavy (non-hydrogen) atoms. The number of hydrazine groups is 1. The molecule has 8 heteroatoms. The molecule has 1 amide bonds. The van der Waals surface area contributed by atoms with Crippen LogP contribution in [0.4, 0.5) is 8.78 Å². The minimum Gasteiger partial charge on any atom is -0.335 e. The van der Waals surface area contributed by atoms with E-state index < -0.39 is 29.6 Å². The van der Waals surface area contributed by atoms with Crippen LogP contribution in [0.1, 0.15) is 29.6 Å². The molecule has 1 fully saturated rings. The van der Waals surface area contributed by atoms with Crippen LogP contribution >= 0.6 is 11.6 Å². The summed E-state index contributed by atoms with van der Waals surface area (Å²) in [5, 5.41) is 12.3. The van der Waals surface area contributed by atoms with Crippen molar-refractivity contribution >= 4 is 17.5 Å². The van der Waals surface area contributed by atoms with Crippen molar-refractivity contribution in [3.05, 3.63) is 70.2 Å². The van der Waals surface area contributed by atoms with Crippen molar-refractivity contribution in [3.63, 3.8) is 0 Å². The minimum atomic E-state index is -1.21. The largest absolute Gasteiger partial charge is 0.335 e. The zero-order valence-electron chi connectivity index (χ0n) is 13.5. The Bertz CT molecular complexity index is 871. The fourth-order valence-electron chi connectivity index (χ4n) is 2.83. The molecule has 0 spiro atoms. The lowest BCUT2D eigenvalue weighted by atomic mass is 10.0. The lowest BCUT2D eigenvalue weighted by Crippen LogP contribution is -2.44. The fraction of sp³-hybridized carbons (Fsp3) is 0.222. The molecular formula is C18H15ClF2N4O. The summed E-state index contributed by atoms with van der Waals surface area (Å²) in [7, 11) is 0. The fourth-order valence-corrected chi connectivity index (χ4v) is 3.03. The number of hydrogen-bond acceptors (Lipinski definition) is 4. The number of carbonyl (C=O) groups excluding carboxylic acids is 1. The zero-order chi connectivity index (χ0) is 18.7. The molecule has 2 aromatic rings. The van der Waals surface area contributed by atoms with Gasteiger partial charge in [0.2, 0.25) is 5.91 Å². The molecule has 2 aromatic carbocycles. The molecule has 1 aliphatic heterocycles. The second kappa shape index (κ2) is 7.79. The highest BCUT2D eigenvalue weighted by Gasteiger charge is 2.32. The van der Waals surface area contributed by atoms with Gasteiger partial charge in [0.1, 0.15) is 23.7 Å². The Hall–Kier alpha value is -2.53. The molecule has 1 heterocycles. The maximum Gasteiger partial charge on any atom is 0.239 e. The summed E-state index contributed by atoms with van der Waals surface area (Å²) in [6.45, 7) is 0. The van der Waals surface area contributed by atoms with E-state index in [9.17, 15) is 18.8 Å². The smallest absolute Gasteiger partial charge is 0.239 e. The highest BCUT2D eigenvalue weighted by atomic mass is 35.5. The Morgan fingerprint density at radius 1 is 1.27 bits per heavy atom. The standard InChI is InChI=1S/C18H15ClF2N4O/c19-11-3-1-2-10(6-11)15-8-16(25-24-15)18(26)23-17(9-22)13-5-4-12(20)7-14(13)21/h1-7,15-17,24-25H,8H2,(H,23,26). The van der Waals surface area contributed by atoms with Crippen LogP contribution in [-0.4, -0.2) is 11.9 Å². The van der Waals surface area contributed by atoms with Gasteiger partial charge in [-0.1, -0.05) is 29.8 Å². The highest BCUT2D eigenvalue weighted by molar-refractivity contribution is 6.30. The van der Waals surface area contributed by atoms with Crippen LogP contribution in [-0.2, 0) is 4.79 Å². The number of halogens is 3. The molecule has 1 aliphatic rings. The molecule has 0 aromatic heterocycles. The van der Waals surface area contributed by atoms with Gasteiger partial charge in [-0.15, -0.1) is 0 Å². The number of nitrogens with one attached hydrogen (secondary N) is 3. The summed E-state index contributed by atoms with van der Waals surface area (Å²) < 4.78 is 26.9. The predicted molar refractivity (Wildman–Crippen MR) is 91.7 cm³/mol. The van der Waals surface area contributed by atoms with E-state index in [1.165, 1.54) is 0 Å². The Kier molecular flexibility index (Phi) is 5.47. The number of carbonyl (C=O) groups is 1. The first kappa shape index (κ1) is 18.3. The van der Waals surface area contributed by atoms with Crippen LogP contribution in [0.25, 0.3) is 0 Å². The van der Waals surface area contributed by atoms with Gasteiger partial charge in [0.25, 0.3) is 0 Å². The quantitative estimate of drug-likeness (QED) is 0.766. The highest BCUT2D eigenvalue weighted by Crippen LogP contribution is 2.25. The van der Waals surface area contributed by atoms with Crippen LogP contribution in [0.5, 0.6) is 0 Å². The second-order valence-corrected chi connectivity index (χ2v) is 6.36. The van der Waals surface area contributed by atoms with Crippen molar-refractivity contribution in [2.45, 2.75) is 24.5 Å². The van der Waals surface area contributed by atoms with Gasteiger partial charge in [-0.05, 0) is 30.2 Å². The van der Waals surface area contributed by atoms with Crippen LogP contribution in [0, 0.1) is 23.0 Å². The van der Waals surface area contributed by atoms with Crippen molar-refractivity contribution in [2.75, 3.05) is 0 Å². The predicted octanol–water partition coefficient (Wildman–Crippen LogP) is 2.91. The van der Waals surface area contributed by atoms with Crippen LogP contribution < -0.4 is 16.2 Å². The van der Waals surface area contributed by atoms with Gasteiger partial charge < -0.3 is 5.32 Å². The third kappa shape index (κ3) is 3.99. The zero-order valence-corrected chi connectivity index (χ0v) is 14.2. The number of nitrogens with zero attached hydrogens (tertiary/aromatic N) is 1. The van der Waals surface area contributed by atoms with Gasteiger partial charge in [0.05, 0.1) is 6.07 Å². The summed E-state index contributed by atoms with van der Waals surface area (Å²) in [5.41, 5.74) is 6.70. The van der Waals surface area contributed by atoms with Gasteiger partial charge in [0, 0.05) is 22.7 Å². The Balaban J connectivity index is 1.67. The molecule has 0 radical (unpaired) electrons. The summed E-state index contributed by atoms with van der Waals surface area (Å²) >= 11 is 5.98. The monoisotopic (exact) mass is 376 g/mol. The van der Waals surface area contributed by atoms with E-state index in [0.29, 0.717) is 17.5 Å². The number of benzene rings is 2. The van der Waals surface area contributed by atoms with Crippen LogP contribution in [0.2, 0.25) is 5.02 Å². The van der Waals surface area contributed by atoms with Crippen molar-refractivity contribution < 1.29 is 13.6 Å². The van der Waals surface area contributed by atoms with E-state index in [1.807, 2.05) is 18.2 Å². The molecule has 3 N–H and O–H groups in total. The Labute approximate surface area is 153 Å². The number of hydrogen-bond donors (Lipinski definition) is 3. The van der Waals surface area contributed by atoms with Gasteiger partial charge >= 0.3 is 0 Å². The van der Waals surface area contributed by atoms with Crippen molar-refractivity contribution in [1.82, 2.24) is 16.2 Å². The third-order valence-corrected chi connectivity index (χ3v) is 4.40. The molecule has 0 saturated carbocycles. The summed E-state index contributed by atoms with van der Waals surface area (Å²) in [5.74, 6) is -2.09. The lowest BCUT2D eigenvalue weighted by molar-refractivity contribution is -0.123. The molecule has 0 bridgehead atoms. The van der Waals surface area contributed by atoms with Crippen LogP contribution in [0.3, 0.4) is 0 Å². The number of nitriles is 1. The number of rotatable bonds is 4. The van der Waals surface area contributed by atoms with Gasteiger partial charge in [-0.3, -0.25) is 4.79 Å². The molecule has 0 aliphatic carbocycles. The van der Waals surface area contributed by atoms with Crippen LogP contribution in [0.15, 0.2) is 42.5 Å². The van der Waals surface area contributed by atoms with E-state index in [-0.39, 0.29) is 11.6 Å². The van der Waals surface area contributed by atoms with E-state index >= 15 is 0 Å². The molecule has 3 unspecified atom stereocenters. The van der Waals surface area contributed by atoms with E-state index in [2.05, 4.69) is 16.2 Å². The van der Waals surface area contributed by atoms with Crippen molar-refractivity contribution in [3.8, 4) is 6.07 Å². The molecule has 134 valence electrons. The molecule has 3 rings (SSSR count). The normalized spacial score (nSPS) is 20.4. The Morgan fingerprint density at radius 3 is 2.77 bits per heavy atom. The molecular weight excluding hydrogens is 362 g/mol. The lowest BCUT2D eigenvalue weighted by Gasteiger charge is -2.16. The van der Waals surface area contributed by atoms with E-state index in [4.69, 9.17) is 11.6 Å². The average molecular weight is 377 g/mol. The maximum absolute atomic E-state index is 13.9. The minimum absolute atomic E-state index is 0.0837. The molecule has 5 nitrogen and oxygen atoms in total. The summed E-state index contributed by atoms with van der Waals surface area (Å²) in [6.07, 6.45) is 0.427. The second-order valence-electron chi connectivity index (χ2n) is 5.92. The van der Waals surface area contributed by atoms with Gasteiger partial charge in [-0.2, -0.15) is 5.26 Å². The first-order valence-electron chi connectivity index (χ1n) is 7.89. The first-order chi connectivity index (χ1) is 12.5. The van der Waals surface area contributed by atoms with E-state index in [1.54, 1.807) is 12.1 Å². The molecule has 3 atom stereocenters. The first-order valence-corrected chi connectivity index (χ1v) is 8.27. The van der Waals surface area contributed by atoms with Gasteiger partial charge in [0.15, 0.2) is 0 Å². The summed E-state index contributed by atoms with van der Waals surface area (Å²) in [6, 6.07) is 9.99. The van der Waals surface area contributed by atoms with Crippen molar-refractivity contribution in [1.29, 1.82) is 5.26 Å². The summed E-state index contributed by atoms with van der Waals surface area (Å²) in [4.78, 5) is 12.4. The Morgan fingerprint density at radius 2 is 2.08 bits per heavy atom. The SMILES string of the molecule is N#CC(NC(=O)C1CC(c2cccc(Cl)c2)NN1)c1ccc(F)cc1F. The maximum atomic E-state index is 13.9. The van der Waals surface area contributed by atoms with Crippen molar-refractivity contribution in [2.24, 2.45) is 0 Å². The van der Waals surface area contributed by atoms with Gasteiger partial charge in [-0.25, -0.2) is 19.6 Å². The third-order valence-electron chi connectivity index (χ3n) is 4.16. The topological polar surface area (TPSA) is 77.0 Å². The number of amides is 1. The molecule has 1 saturated heterocycles. The van der Waals surface area contributed by atoms with E-state index in [0.717, 1.165) is 17.7 Å².